The lowest BCUT2D eigenvalue weighted by Gasteiger charge is -2.20. The van der Waals surface area contributed by atoms with Gasteiger partial charge in [-0.25, -0.2) is 4.79 Å². The molecule has 3 aromatic carbocycles. The van der Waals surface area contributed by atoms with Gasteiger partial charge in [-0.05, 0) is 74.6 Å². The Morgan fingerprint density at radius 1 is 0.875 bits per heavy atom. The van der Waals surface area contributed by atoms with Crippen molar-refractivity contribution in [1.82, 2.24) is 4.90 Å². The first-order valence-corrected chi connectivity index (χ1v) is 14.4. The fraction of sp³-hybridized carbons (Fsp3) is 0.412. The van der Waals surface area contributed by atoms with Gasteiger partial charge in [-0.1, -0.05) is 72.8 Å². The summed E-state index contributed by atoms with van der Waals surface area (Å²) in [7, 11) is 0. The number of carbonyl (C=O) groups excluding carboxylic acids is 2. The quantitative estimate of drug-likeness (QED) is 0.309. The number of hydrogen-bond acceptors (Lipinski definition) is 5. The number of nitrogens with one attached hydrogen (secondary N) is 1. The minimum Gasteiger partial charge on any atom is -0.460 e. The van der Waals surface area contributed by atoms with E-state index in [-0.39, 0.29) is 18.2 Å². The normalized spacial score (nSPS) is 20.6. The van der Waals surface area contributed by atoms with Gasteiger partial charge in [0, 0.05) is 31.6 Å². The first kappa shape index (κ1) is 27.9. The summed E-state index contributed by atoms with van der Waals surface area (Å²) >= 11 is 0. The summed E-state index contributed by atoms with van der Waals surface area (Å²) in [6.07, 6.45) is 2.47. The van der Waals surface area contributed by atoms with E-state index < -0.39 is 5.60 Å². The smallest absolute Gasteiger partial charge is 0.411 e. The van der Waals surface area contributed by atoms with Crippen molar-refractivity contribution in [1.29, 1.82) is 0 Å². The number of anilines is 1. The molecule has 6 nitrogen and oxygen atoms in total. The molecule has 3 aromatic rings. The highest BCUT2D eigenvalue weighted by atomic mass is 16.6. The maximum absolute atomic E-state index is 12.8. The fourth-order valence-electron chi connectivity index (χ4n) is 6.10. The van der Waals surface area contributed by atoms with Crippen molar-refractivity contribution in [2.24, 2.45) is 11.8 Å². The Bertz CT molecular complexity index is 1300. The third kappa shape index (κ3) is 7.51. The summed E-state index contributed by atoms with van der Waals surface area (Å²) in [5.41, 5.74) is 4.78. The molecule has 1 aliphatic heterocycles. The molecule has 6 heteroatoms. The Balaban J connectivity index is 1.08. The van der Waals surface area contributed by atoms with Crippen LogP contribution in [-0.4, -0.2) is 41.8 Å². The van der Waals surface area contributed by atoms with Crippen LogP contribution in [0.4, 0.5) is 10.5 Å². The number of rotatable bonds is 8. The van der Waals surface area contributed by atoms with E-state index in [4.69, 9.17) is 9.47 Å². The number of amides is 1. The molecule has 3 atom stereocenters. The molecule has 0 radical (unpaired) electrons. The van der Waals surface area contributed by atoms with E-state index in [0.29, 0.717) is 24.7 Å². The zero-order valence-corrected chi connectivity index (χ0v) is 23.8. The van der Waals surface area contributed by atoms with Crippen LogP contribution >= 0.6 is 0 Å². The van der Waals surface area contributed by atoms with E-state index in [9.17, 15) is 9.59 Å². The molecule has 1 unspecified atom stereocenters. The first-order valence-electron chi connectivity index (χ1n) is 14.4. The summed E-state index contributed by atoms with van der Waals surface area (Å²) in [6, 6.07) is 26.4. The molecule has 1 N–H and O–H groups in total. The molecular formula is C34H40N2O4. The summed E-state index contributed by atoms with van der Waals surface area (Å²) in [4.78, 5) is 27.4. The second-order valence-electron chi connectivity index (χ2n) is 12.2. The van der Waals surface area contributed by atoms with Gasteiger partial charge < -0.3 is 9.47 Å². The number of carbonyl (C=O) groups is 2. The fourth-order valence-corrected chi connectivity index (χ4v) is 6.10. The monoisotopic (exact) mass is 540 g/mol. The predicted octanol–water partition coefficient (Wildman–Crippen LogP) is 7.09. The van der Waals surface area contributed by atoms with Crippen molar-refractivity contribution in [3.05, 3.63) is 90.0 Å². The van der Waals surface area contributed by atoms with Gasteiger partial charge in [0.05, 0.1) is 5.69 Å². The summed E-state index contributed by atoms with van der Waals surface area (Å²) in [5.74, 6) is 0.936. The lowest BCUT2D eigenvalue weighted by molar-refractivity contribution is -0.154. The van der Waals surface area contributed by atoms with Gasteiger partial charge >= 0.3 is 12.1 Å². The first-order chi connectivity index (χ1) is 19.2. The van der Waals surface area contributed by atoms with Crippen LogP contribution in [-0.2, 0) is 27.2 Å². The number of likely N-dealkylation sites (tertiary alicyclic amines) is 1. The average molecular weight is 541 g/mol. The molecule has 5 rings (SSSR count). The number of ether oxygens (including phenoxy) is 2. The molecule has 1 amide bonds. The number of fused-ring (bicyclic) bond motifs is 1. The third-order valence-corrected chi connectivity index (χ3v) is 7.74. The van der Waals surface area contributed by atoms with E-state index in [1.807, 2.05) is 75.4 Å². The number of benzene rings is 3. The largest absolute Gasteiger partial charge is 0.460 e. The Labute approximate surface area is 237 Å². The van der Waals surface area contributed by atoms with Crippen molar-refractivity contribution >= 4 is 17.7 Å². The summed E-state index contributed by atoms with van der Waals surface area (Å²) in [6.45, 7) is 8.62. The third-order valence-electron chi connectivity index (χ3n) is 7.74. The molecule has 1 heterocycles. The molecular weight excluding hydrogens is 500 g/mol. The van der Waals surface area contributed by atoms with Gasteiger partial charge in [-0.2, -0.15) is 0 Å². The lowest BCUT2D eigenvalue weighted by atomic mass is 10.0. The molecule has 210 valence electrons. The van der Waals surface area contributed by atoms with Gasteiger partial charge in [-0.3, -0.25) is 15.0 Å². The van der Waals surface area contributed by atoms with Crippen LogP contribution in [0.2, 0.25) is 0 Å². The molecule has 2 fully saturated rings. The number of nitrogens with zero attached hydrogens (tertiary/aromatic N) is 1. The highest BCUT2D eigenvalue weighted by Crippen LogP contribution is 2.40. The summed E-state index contributed by atoms with van der Waals surface area (Å²) < 4.78 is 11.3. The van der Waals surface area contributed by atoms with Crippen molar-refractivity contribution in [3.63, 3.8) is 0 Å². The topological polar surface area (TPSA) is 67.9 Å². The Hall–Kier alpha value is -3.64. The average Bonchev–Trinajstić information content (AvgIpc) is 3.45. The van der Waals surface area contributed by atoms with Gasteiger partial charge in [0.15, 0.2) is 0 Å². The van der Waals surface area contributed by atoms with Crippen molar-refractivity contribution < 1.29 is 19.1 Å². The van der Waals surface area contributed by atoms with Crippen molar-refractivity contribution in [3.8, 4) is 11.1 Å². The minimum atomic E-state index is -0.450. The van der Waals surface area contributed by atoms with Crippen LogP contribution in [0.1, 0.15) is 51.2 Å². The van der Waals surface area contributed by atoms with E-state index in [1.165, 1.54) is 5.56 Å². The number of para-hydroxylation sites is 1. The van der Waals surface area contributed by atoms with Crippen LogP contribution in [0.3, 0.4) is 0 Å². The SMILES string of the molecule is CC(C)(C)OC(=O)CCc1cccc(CN2C[C@H]3CC(OC(=O)Nc4ccccc4-c4ccccc4)C[C@H]3C2)c1. The second kappa shape index (κ2) is 12.3. The van der Waals surface area contributed by atoms with Crippen LogP contribution in [0.25, 0.3) is 11.1 Å². The molecule has 1 saturated carbocycles. The highest BCUT2D eigenvalue weighted by Gasteiger charge is 2.42. The molecule has 40 heavy (non-hydrogen) atoms. The Morgan fingerprint density at radius 3 is 2.27 bits per heavy atom. The van der Waals surface area contributed by atoms with Gasteiger partial charge in [0.1, 0.15) is 11.7 Å². The number of aryl methyl sites for hydroxylation is 1. The minimum absolute atomic E-state index is 0.0442. The molecule has 1 aliphatic carbocycles. The zero-order chi connectivity index (χ0) is 28.1. The molecule has 0 spiro atoms. The molecule has 2 aliphatic rings. The van der Waals surface area contributed by atoms with Gasteiger partial charge in [0.2, 0.25) is 0 Å². The second-order valence-corrected chi connectivity index (χ2v) is 12.2. The van der Waals surface area contributed by atoms with Crippen LogP contribution in [0.15, 0.2) is 78.9 Å². The molecule has 1 saturated heterocycles. The van der Waals surface area contributed by atoms with E-state index >= 15 is 0 Å². The summed E-state index contributed by atoms with van der Waals surface area (Å²) in [5, 5.41) is 2.98. The Kier molecular flexibility index (Phi) is 8.55. The lowest BCUT2D eigenvalue weighted by Crippen LogP contribution is -2.25. The maximum Gasteiger partial charge on any atom is 0.411 e. The number of esters is 1. The van der Waals surface area contributed by atoms with Gasteiger partial charge in [-0.15, -0.1) is 0 Å². The van der Waals surface area contributed by atoms with Crippen molar-refractivity contribution in [2.45, 2.75) is 64.7 Å². The zero-order valence-electron chi connectivity index (χ0n) is 23.8. The molecule has 0 aromatic heterocycles. The number of hydrogen-bond donors (Lipinski definition) is 1. The molecule has 0 bridgehead atoms. The Morgan fingerprint density at radius 2 is 1.55 bits per heavy atom. The van der Waals surface area contributed by atoms with E-state index in [2.05, 4.69) is 34.5 Å². The maximum atomic E-state index is 12.8. The van der Waals surface area contributed by atoms with Crippen molar-refractivity contribution in [2.75, 3.05) is 18.4 Å². The standard InChI is InChI=1S/C34H40N2O4/c1-34(2,3)40-32(37)17-16-24-10-9-11-25(18-24)21-36-22-27-19-29(20-28(27)23-36)39-33(38)35-31-15-8-7-14-30(31)26-12-5-4-6-13-26/h4-15,18,27-29H,16-17,19-23H2,1-3H3,(H,35,38)/t27-,28+,29?. The highest BCUT2D eigenvalue weighted by molar-refractivity contribution is 5.91. The van der Waals surface area contributed by atoms with Crippen LogP contribution in [0.5, 0.6) is 0 Å². The predicted molar refractivity (Wildman–Crippen MR) is 158 cm³/mol. The van der Waals surface area contributed by atoms with Crippen LogP contribution < -0.4 is 5.32 Å². The van der Waals surface area contributed by atoms with E-state index in [0.717, 1.165) is 54.9 Å². The van der Waals surface area contributed by atoms with Crippen LogP contribution in [0, 0.1) is 11.8 Å². The van der Waals surface area contributed by atoms with E-state index in [1.54, 1.807) is 0 Å². The van der Waals surface area contributed by atoms with Gasteiger partial charge in [0.25, 0.3) is 0 Å².